The largest absolute Gasteiger partial charge is 0.391 e. The van der Waals surface area contributed by atoms with Crippen molar-refractivity contribution in [3.63, 3.8) is 0 Å². The van der Waals surface area contributed by atoms with Crippen molar-refractivity contribution in [1.82, 2.24) is 4.90 Å². The van der Waals surface area contributed by atoms with E-state index in [1.54, 1.807) is 36.3 Å². The average molecular weight is 329 g/mol. The number of β-amino-alcohol motifs (C(OH)–C–C–N with tert-alkyl or cyclic N) is 1. The number of halogens is 1. The van der Waals surface area contributed by atoms with Gasteiger partial charge in [-0.3, -0.25) is 4.79 Å². The highest BCUT2D eigenvalue weighted by Crippen LogP contribution is 2.33. The maximum Gasteiger partial charge on any atom is 0.254 e. The molecule has 126 valence electrons. The van der Waals surface area contributed by atoms with Gasteiger partial charge in [0, 0.05) is 19.2 Å². The van der Waals surface area contributed by atoms with Crippen LogP contribution >= 0.6 is 0 Å². The van der Waals surface area contributed by atoms with E-state index in [0.717, 1.165) is 5.56 Å². The molecule has 2 aromatic rings. The van der Waals surface area contributed by atoms with Gasteiger partial charge in [0.2, 0.25) is 0 Å². The minimum Gasteiger partial charge on any atom is -0.391 e. The fraction of sp³-hybridized carbons (Fsp3) is 0.316. The normalized spacial score (nSPS) is 20.4. The van der Waals surface area contributed by atoms with Crippen LogP contribution in [-0.2, 0) is 11.3 Å². The van der Waals surface area contributed by atoms with Crippen molar-refractivity contribution in [2.75, 3.05) is 13.7 Å². The number of methoxy groups -OCH3 is 1. The van der Waals surface area contributed by atoms with Crippen LogP contribution in [-0.4, -0.2) is 35.7 Å². The Labute approximate surface area is 140 Å². The topological polar surface area (TPSA) is 49.8 Å². The number of likely N-dealkylation sites (tertiary alicyclic amines) is 1. The summed E-state index contributed by atoms with van der Waals surface area (Å²) in [5.74, 6) is -0.512. The van der Waals surface area contributed by atoms with E-state index >= 15 is 0 Å². The molecule has 1 amide bonds. The lowest BCUT2D eigenvalue weighted by molar-refractivity contribution is 0.0715. The third kappa shape index (κ3) is 3.47. The number of benzene rings is 2. The highest BCUT2D eigenvalue weighted by atomic mass is 19.1. The van der Waals surface area contributed by atoms with Crippen molar-refractivity contribution in [1.29, 1.82) is 0 Å². The minimum absolute atomic E-state index is 0.168. The van der Waals surface area contributed by atoms with Crippen LogP contribution in [0.25, 0.3) is 0 Å². The molecular formula is C19H20FNO3. The molecule has 24 heavy (non-hydrogen) atoms. The number of hydrogen-bond acceptors (Lipinski definition) is 3. The number of hydrogen-bond donors (Lipinski definition) is 1. The van der Waals surface area contributed by atoms with Crippen molar-refractivity contribution < 1.29 is 19.0 Å². The van der Waals surface area contributed by atoms with Crippen molar-refractivity contribution in [3.8, 4) is 0 Å². The molecule has 1 aliphatic heterocycles. The Hall–Kier alpha value is -2.24. The number of carbonyl (C=O) groups is 1. The van der Waals surface area contributed by atoms with Gasteiger partial charge in [-0.1, -0.05) is 24.3 Å². The Morgan fingerprint density at radius 1 is 1.29 bits per heavy atom. The maximum absolute atomic E-state index is 13.5. The molecule has 0 saturated carbocycles. The highest BCUT2D eigenvalue weighted by molar-refractivity contribution is 5.95. The van der Waals surface area contributed by atoms with Crippen LogP contribution in [0.1, 0.15) is 33.9 Å². The zero-order chi connectivity index (χ0) is 17.1. The number of aliphatic hydroxyl groups excluding tert-OH is 1. The predicted molar refractivity (Wildman–Crippen MR) is 88.0 cm³/mol. The number of nitrogens with zero attached hydrogens (tertiary/aromatic N) is 1. The molecule has 2 atom stereocenters. The molecule has 1 N–H and O–H groups in total. The summed E-state index contributed by atoms with van der Waals surface area (Å²) < 4.78 is 18.6. The second-order valence-corrected chi connectivity index (χ2v) is 6.05. The van der Waals surface area contributed by atoms with Crippen LogP contribution in [0.2, 0.25) is 0 Å². The van der Waals surface area contributed by atoms with Crippen LogP contribution in [0.4, 0.5) is 4.39 Å². The molecule has 5 heteroatoms. The molecule has 0 aliphatic carbocycles. The van der Waals surface area contributed by atoms with Crippen molar-refractivity contribution in [2.45, 2.75) is 25.2 Å². The van der Waals surface area contributed by atoms with Crippen LogP contribution in [0.5, 0.6) is 0 Å². The van der Waals surface area contributed by atoms with E-state index < -0.39 is 6.10 Å². The molecule has 0 bridgehead atoms. The zero-order valence-electron chi connectivity index (χ0n) is 13.5. The molecule has 0 radical (unpaired) electrons. The predicted octanol–water partition coefficient (Wildman–Crippen LogP) is 2.92. The lowest BCUT2D eigenvalue weighted by atomic mass is 10.0. The van der Waals surface area contributed by atoms with Gasteiger partial charge < -0.3 is 14.7 Å². The third-order valence-corrected chi connectivity index (χ3v) is 4.26. The number of aliphatic hydroxyl groups is 1. The van der Waals surface area contributed by atoms with Gasteiger partial charge in [-0.2, -0.15) is 0 Å². The van der Waals surface area contributed by atoms with E-state index in [9.17, 15) is 14.3 Å². The first-order valence-electron chi connectivity index (χ1n) is 7.91. The Kier molecular flexibility index (Phi) is 4.92. The van der Waals surface area contributed by atoms with Crippen molar-refractivity contribution in [3.05, 3.63) is 71.0 Å². The quantitative estimate of drug-likeness (QED) is 0.938. The summed E-state index contributed by atoms with van der Waals surface area (Å²) in [5, 5.41) is 10.0. The monoisotopic (exact) mass is 329 g/mol. The molecule has 1 aliphatic rings. The highest BCUT2D eigenvalue weighted by Gasteiger charge is 2.35. The Bertz CT molecular complexity index is 734. The summed E-state index contributed by atoms with van der Waals surface area (Å²) >= 11 is 0. The number of rotatable bonds is 4. The van der Waals surface area contributed by atoms with Gasteiger partial charge in [0.15, 0.2) is 0 Å². The van der Waals surface area contributed by atoms with Crippen LogP contribution in [0, 0.1) is 5.82 Å². The van der Waals surface area contributed by atoms with E-state index in [-0.39, 0.29) is 24.3 Å². The Morgan fingerprint density at radius 2 is 2.08 bits per heavy atom. The number of ether oxygens (including phenoxy) is 1. The van der Waals surface area contributed by atoms with E-state index in [1.807, 2.05) is 12.1 Å². The van der Waals surface area contributed by atoms with Gasteiger partial charge in [0.25, 0.3) is 5.91 Å². The summed E-state index contributed by atoms with van der Waals surface area (Å²) in [6.07, 6.45) is -0.197. The molecule has 0 aromatic heterocycles. The first kappa shape index (κ1) is 16.6. The van der Waals surface area contributed by atoms with Gasteiger partial charge in [0.05, 0.1) is 18.8 Å². The Morgan fingerprint density at radius 3 is 2.83 bits per heavy atom. The van der Waals surface area contributed by atoms with Crippen LogP contribution in [0.3, 0.4) is 0 Å². The summed E-state index contributed by atoms with van der Waals surface area (Å²) in [6.45, 7) is 0.672. The molecule has 3 rings (SSSR count). The smallest absolute Gasteiger partial charge is 0.254 e. The lowest BCUT2D eigenvalue weighted by Gasteiger charge is -2.25. The molecule has 2 aromatic carbocycles. The van der Waals surface area contributed by atoms with Crippen LogP contribution < -0.4 is 0 Å². The lowest BCUT2D eigenvalue weighted by Crippen LogP contribution is -2.31. The van der Waals surface area contributed by atoms with E-state index in [4.69, 9.17) is 4.74 Å². The summed E-state index contributed by atoms with van der Waals surface area (Å²) in [6, 6.07) is 13.1. The van der Waals surface area contributed by atoms with Crippen LogP contribution in [0.15, 0.2) is 48.5 Å². The maximum atomic E-state index is 13.5. The van der Waals surface area contributed by atoms with Gasteiger partial charge in [-0.05, 0) is 41.8 Å². The average Bonchev–Trinajstić information content (AvgIpc) is 2.97. The zero-order valence-corrected chi connectivity index (χ0v) is 13.5. The molecule has 1 fully saturated rings. The minimum atomic E-state index is -0.607. The molecular weight excluding hydrogens is 309 g/mol. The number of amides is 1. The van der Waals surface area contributed by atoms with Gasteiger partial charge in [0.1, 0.15) is 5.82 Å². The fourth-order valence-corrected chi connectivity index (χ4v) is 3.19. The van der Waals surface area contributed by atoms with Gasteiger partial charge in [-0.25, -0.2) is 4.39 Å². The molecule has 0 unspecified atom stereocenters. The molecule has 0 spiro atoms. The van der Waals surface area contributed by atoms with Crippen molar-refractivity contribution >= 4 is 5.91 Å². The van der Waals surface area contributed by atoms with E-state index in [1.165, 1.54) is 12.1 Å². The molecule has 4 nitrogen and oxygen atoms in total. The van der Waals surface area contributed by atoms with Gasteiger partial charge >= 0.3 is 0 Å². The number of carbonyl (C=O) groups excluding carboxylic acids is 1. The van der Waals surface area contributed by atoms with E-state index in [0.29, 0.717) is 24.2 Å². The second-order valence-electron chi connectivity index (χ2n) is 6.05. The summed E-state index contributed by atoms with van der Waals surface area (Å²) in [5.41, 5.74) is 2.15. The summed E-state index contributed by atoms with van der Waals surface area (Å²) in [4.78, 5) is 14.5. The first-order valence-corrected chi connectivity index (χ1v) is 7.91. The third-order valence-electron chi connectivity index (χ3n) is 4.26. The summed E-state index contributed by atoms with van der Waals surface area (Å²) in [7, 11) is 1.60. The second kappa shape index (κ2) is 7.11. The standard InChI is InChI=1S/C19H20FNO3/c1-24-12-13-4-2-6-15(8-13)19(23)21-11-17(22)10-18(21)14-5-3-7-16(20)9-14/h2-9,17-18,22H,10-12H2,1H3/t17-,18+/m1/s1. The van der Waals surface area contributed by atoms with Crippen molar-refractivity contribution in [2.24, 2.45) is 0 Å². The van der Waals surface area contributed by atoms with Gasteiger partial charge in [-0.15, -0.1) is 0 Å². The molecule has 1 saturated heterocycles. The SMILES string of the molecule is COCc1cccc(C(=O)N2C[C@H](O)C[C@H]2c2cccc(F)c2)c1. The Balaban J connectivity index is 1.88. The fourth-order valence-electron chi connectivity index (χ4n) is 3.19. The first-order chi connectivity index (χ1) is 11.6. The molecule has 1 heterocycles. The van der Waals surface area contributed by atoms with E-state index in [2.05, 4.69) is 0 Å².